The Bertz CT molecular complexity index is 5620. The van der Waals surface area contributed by atoms with Crippen LogP contribution in [0.1, 0.15) is 12.5 Å². The average Bonchev–Trinajstić information content (AvgIpc) is 0.797. The van der Waals surface area contributed by atoms with E-state index in [0.717, 1.165) is 140 Å². The SMILES string of the molecule is CCOc1ccc(-c2cc(=O)n3cc(N4CCNCC4)ccc3n2)cc1F.COc1ccc(-c2cc(=O)n3cc(N4CCNCC4)ccc3n2)cc1C#N.O=c1cc(-c2ccc(O)c(F)c2)nc2ccc(N3CCNCC3)cn12.O=c1cc(-c2ccc(OCC(F)(F)F)c(F)c2)nc2ccc(N3CCNCC3)cn12. The molecule has 4 saturated heterocycles. The highest BCUT2D eigenvalue weighted by molar-refractivity contribution is 5.69. The molecule has 8 aromatic heterocycles. The van der Waals surface area contributed by atoms with Crippen LogP contribution in [-0.4, -0.2) is 174 Å². The van der Waals surface area contributed by atoms with Crippen LogP contribution in [0.15, 0.2) is 190 Å². The molecular weight excluding hydrogens is 1420 g/mol. The first-order valence-corrected chi connectivity index (χ1v) is 35.2. The maximum absolute atomic E-state index is 14.2. The number of phenolic OH excluding ortho intramolecular Hbond substituents is 1. The van der Waals surface area contributed by atoms with Crippen molar-refractivity contribution in [2.45, 2.75) is 13.1 Å². The molecule has 109 heavy (non-hydrogen) atoms. The molecule has 4 aliphatic rings. The van der Waals surface area contributed by atoms with E-state index >= 15 is 0 Å². The van der Waals surface area contributed by atoms with E-state index in [0.29, 0.717) is 74.3 Å². The Morgan fingerprint density at radius 1 is 0.422 bits per heavy atom. The standard InChI is InChI=1S/C20H18F4N4O2.C20H21FN4O2.C20H19N5O2.C18H17FN4O2/c21-15-9-13(1-3-17(15)30-12-20(22,23)24)16-10-19(29)28-11-14(2-4-18(28)26-16)27-7-5-25-6-8-27;1-2-27-18-5-3-14(11-16(18)21)17-12-20(26)25-13-15(4-6-19(25)23-17)24-9-7-22-8-10-24;1-27-18-4-2-14(10-15(18)12-21)17-11-20(26)25-13-16(3-5-19(25)23-17)24-8-6-22-7-9-24;19-14-9-12(1-3-16(14)24)15-10-18(25)23-11-13(2-4-17(23)21-15)22-7-5-20-6-8-22/h1-4,9-11,25H,5-8,12H2;3-6,11-13,22H,2,7-10H2,1H3;2-5,10-11,13,22H,6-9H2,1H3;1-4,9-11,20,24H,5-8H2. The summed E-state index contributed by atoms with van der Waals surface area (Å²) in [7, 11) is 1.52. The molecule has 562 valence electrons. The Morgan fingerprint density at radius 2 is 0.725 bits per heavy atom. The Kier molecular flexibility index (Phi) is 23.1. The zero-order valence-electron chi connectivity index (χ0n) is 59.3. The third-order valence-electron chi connectivity index (χ3n) is 18.5. The van der Waals surface area contributed by atoms with E-state index in [1.807, 2.05) is 48.8 Å². The zero-order valence-corrected chi connectivity index (χ0v) is 59.3. The van der Waals surface area contributed by atoms with Crippen molar-refractivity contribution in [1.82, 2.24) is 58.8 Å². The fourth-order valence-corrected chi connectivity index (χ4v) is 12.9. The van der Waals surface area contributed by atoms with Crippen LogP contribution < -0.4 is 77.3 Å². The highest BCUT2D eigenvalue weighted by atomic mass is 19.4. The number of aromatic nitrogens is 8. The summed E-state index contributed by atoms with van der Waals surface area (Å²) < 4.78 is 99.5. The van der Waals surface area contributed by atoms with Gasteiger partial charge in [0.1, 0.15) is 34.4 Å². The van der Waals surface area contributed by atoms with E-state index in [1.54, 1.807) is 66.2 Å². The molecule has 4 fully saturated rings. The second-order valence-corrected chi connectivity index (χ2v) is 25.6. The number of pyridine rings is 4. The van der Waals surface area contributed by atoms with Gasteiger partial charge in [-0.05, 0) is 128 Å². The van der Waals surface area contributed by atoms with Crippen molar-refractivity contribution in [2.24, 2.45) is 0 Å². The lowest BCUT2D eigenvalue weighted by atomic mass is 10.1. The molecule has 0 amide bonds. The van der Waals surface area contributed by atoms with Gasteiger partial charge < -0.3 is 60.2 Å². The minimum atomic E-state index is -4.57. The number of halogens is 6. The van der Waals surface area contributed by atoms with Crippen molar-refractivity contribution in [1.29, 1.82) is 5.26 Å². The highest BCUT2D eigenvalue weighted by Crippen LogP contribution is 2.31. The molecule has 5 N–H and O–H groups in total. The molecule has 0 radical (unpaired) electrons. The number of hydrogen-bond acceptors (Lipinski definition) is 21. The number of hydrogen-bond donors (Lipinski definition) is 5. The number of benzene rings is 4. The lowest BCUT2D eigenvalue weighted by molar-refractivity contribution is -0.153. The van der Waals surface area contributed by atoms with Crippen LogP contribution in [0.2, 0.25) is 0 Å². The molecule has 4 aliphatic heterocycles. The van der Waals surface area contributed by atoms with Crippen LogP contribution in [0.4, 0.5) is 49.1 Å². The number of methoxy groups -OCH3 is 1. The fraction of sp³-hybridized carbons (Fsp3) is 0.269. The molecule has 31 heteroatoms. The molecule has 12 heterocycles. The average molecular weight is 1490 g/mol. The van der Waals surface area contributed by atoms with Crippen LogP contribution in [0.3, 0.4) is 0 Å². The van der Waals surface area contributed by atoms with Gasteiger partial charge in [-0.15, -0.1) is 0 Å². The third kappa shape index (κ3) is 17.9. The van der Waals surface area contributed by atoms with Crippen molar-refractivity contribution in [3.63, 3.8) is 0 Å². The van der Waals surface area contributed by atoms with Gasteiger partial charge in [-0.3, -0.25) is 36.8 Å². The van der Waals surface area contributed by atoms with Gasteiger partial charge in [-0.1, -0.05) is 0 Å². The van der Waals surface area contributed by atoms with E-state index in [4.69, 9.17) is 9.47 Å². The maximum atomic E-state index is 14.2. The number of aromatic hydroxyl groups is 1. The number of anilines is 4. The quantitative estimate of drug-likeness (QED) is 0.0678. The van der Waals surface area contributed by atoms with Crippen molar-refractivity contribution in [3.8, 4) is 74.1 Å². The van der Waals surface area contributed by atoms with Crippen molar-refractivity contribution < 1.29 is 45.7 Å². The van der Waals surface area contributed by atoms with Gasteiger partial charge in [0.15, 0.2) is 41.3 Å². The number of nitriles is 1. The zero-order chi connectivity index (χ0) is 76.3. The number of nitrogens with zero attached hydrogens (tertiary/aromatic N) is 13. The summed E-state index contributed by atoms with van der Waals surface area (Å²) in [6.07, 6.45) is 2.60. The van der Waals surface area contributed by atoms with Crippen LogP contribution in [0, 0.1) is 28.8 Å². The summed E-state index contributed by atoms with van der Waals surface area (Å²) in [6.45, 7) is 14.9. The normalized spacial score (nSPS) is 14.6. The van der Waals surface area contributed by atoms with E-state index in [-0.39, 0.29) is 39.2 Å². The van der Waals surface area contributed by atoms with Crippen molar-refractivity contribution in [3.05, 3.63) is 235 Å². The molecule has 0 saturated carbocycles. The van der Waals surface area contributed by atoms with Crippen LogP contribution >= 0.6 is 0 Å². The van der Waals surface area contributed by atoms with Gasteiger partial charge in [0.25, 0.3) is 22.2 Å². The Morgan fingerprint density at radius 3 is 1.02 bits per heavy atom. The van der Waals surface area contributed by atoms with Crippen molar-refractivity contribution in [2.75, 3.05) is 145 Å². The summed E-state index contributed by atoms with van der Waals surface area (Å²) in [5.41, 5.74) is 8.88. The lowest BCUT2D eigenvalue weighted by Gasteiger charge is -2.29. The smallest absolute Gasteiger partial charge is 0.422 e. The van der Waals surface area contributed by atoms with E-state index in [1.165, 1.54) is 74.9 Å². The van der Waals surface area contributed by atoms with E-state index < -0.39 is 41.7 Å². The number of alkyl halides is 3. The molecule has 0 atom stereocenters. The van der Waals surface area contributed by atoms with Gasteiger partial charge in [0, 0.05) is 176 Å². The largest absolute Gasteiger partial charge is 0.505 e. The molecule has 12 aromatic rings. The number of ether oxygens (including phenoxy) is 3. The first-order chi connectivity index (χ1) is 52.8. The van der Waals surface area contributed by atoms with Gasteiger partial charge in [-0.2, -0.15) is 18.4 Å². The predicted molar refractivity (Wildman–Crippen MR) is 403 cm³/mol. The summed E-state index contributed by atoms with van der Waals surface area (Å²) in [6, 6.07) is 39.8. The van der Waals surface area contributed by atoms with Gasteiger partial charge in [-0.25, -0.2) is 33.1 Å². The van der Waals surface area contributed by atoms with Gasteiger partial charge in [0.05, 0.1) is 64.8 Å². The first kappa shape index (κ1) is 74.9. The molecule has 4 aromatic carbocycles. The Balaban J connectivity index is 0.000000128. The number of nitrogens with one attached hydrogen (secondary N) is 4. The van der Waals surface area contributed by atoms with Gasteiger partial charge >= 0.3 is 6.18 Å². The Labute approximate surface area is 619 Å². The highest BCUT2D eigenvalue weighted by Gasteiger charge is 2.29. The molecule has 25 nitrogen and oxygen atoms in total. The molecule has 0 spiro atoms. The lowest BCUT2D eigenvalue weighted by Crippen LogP contribution is -2.43. The summed E-state index contributed by atoms with van der Waals surface area (Å²) in [5, 5.41) is 31.8. The number of rotatable bonds is 13. The summed E-state index contributed by atoms with van der Waals surface area (Å²) in [4.78, 5) is 77.3. The number of piperazine rings is 4. The number of phenols is 1. The topological polar surface area (TPSA) is 270 Å². The van der Waals surface area contributed by atoms with Crippen LogP contribution in [-0.2, 0) is 0 Å². The maximum Gasteiger partial charge on any atom is 0.422 e. The fourth-order valence-electron chi connectivity index (χ4n) is 12.9. The second-order valence-electron chi connectivity index (χ2n) is 25.6. The van der Waals surface area contributed by atoms with Gasteiger partial charge in [0.2, 0.25) is 0 Å². The van der Waals surface area contributed by atoms with E-state index in [2.05, 4.69) is 71.6 Å². The molecule has 0 unspecified atom stereocenters. The first-order valence-electron chi connectivity index (χ1n) is 35.2. The van der Waals surface area contributed by atoms with E-state index in [9.17, 15) is 55.9 Å². The molecule has 16 rings (SSSR count). The number of fused-ring (bicyclic) bond motifs is 4. The summed E-state index contributed by atoms with van der Waals surface area (Å²) >= 11 is 0. The van der Waals surface area contributed by atoms with Crippen molar-refractivity contribution >= 4 is 45.3 Å². The monoisotopic (exact) mass is 1490 g/mol. The molecular formula is C78H75F6N17O8. The van der Waals surface area contributed by atoms with Crippen LogP contribution in [0.5, 0.6) is 23.0 Å². The minimum Gasteiger partial charge on any atom is -0.505 e. The molecule has 0 aliphatic carbocycles. The predicted octanol–water partition coefficient (Wildman–Crippen LogP) is 8.43. The Hall–Kier alpha value is -12.4. The van der Waals surface area contributed by atoms with Crippen LogP contribution in [0.25, 0.3) is 67.6 Å². The second kappa shape index (κ2) is 33.6. The molecule has 0 bridgehead atoms. The minimum absolute atomic E-state index is 0.152. The summed E-state index contributed by atoms with van der Waals surface area (Å²) in [5.74, 6) is -2.43. The third-order valence-corrected chi connectivity index (χ3v) is 18.5.